The third-order valence-electron chi connectivity index (χ3n) is 7.01. The fourth-order valence-electron chi connectivity index (χ4n) is 4.32. The molecule has 0 fully saturated rings. The smallest absolute Gasteiger partial charge is 0.387 e. The molecule has 0 saturated carbocycles. The van der Waals surface area contributed by atoms with Crippen molar-refractivity contribution in [2.75, 3.05) is 40.9 Å². The maximum atomic E-state index is 12.6. The zero-order valence-corrected chi connectivity index (χ0v) is 27.5. The quantitative estimate of drug-likeness (QED) is 0.0382. The van der Waals surface area contributed by atoms with E-state index in [1.165, 1.54) is 70.6 Å². The molecule has 0 saturated heterocycles. The first-order valence-corrected chi connectivity index (χ1v) is 17.6. The maximum Gasteiger partial charge on any atom is 0.472 e. The number of quaternary nitrogens is 1. The zero-order valence-electron chi connectivity index (χ0n) is 26.6. The Bertz CT molecular complexity index is 683. The van der Waals surface area contributed by atoms with Crippen LogP contribution in [0.15, 0.2) is 12.2 Å². The van der Waals surface area contributed by atoms with E-state index < -0.39 is 20.0 Å². The second kappa shape index (κ2) is 24.8. The van der Waals surface area contributed by atoms with Crippen LogP contribution in [-0.2, 0) is 18.4 Å². The molecule has 0 spiro atoms. The summed E-state index contributed by atoms with van der Waals surface area (Å²) in [4.78, 5) is 22.7. The molecule has 1 amide bonds. The third-order valence-corrected chi connectivity index (χ3v) is 7.99. The average Bonchev–Trinajstić information content (AvgIpc) is 2.88. The second-order valence-electron chi connectivity index (χ2n) is 12.2. The van der Waals surface area contributed by atoms with Gasteiger partial charge in [-0.3, -0.25) is 13.8 Å². The summed E-state index contributed by atoms with van der Waals surface area (Å²) in [6.07, 6.45) is 23.2. The Morgan fingerprint density at radius 3 is 1.82 bits per heavy atom. The van der Waals surface area contributed by atoms with Crippen LogP contribution < -0.4 is 5.32 Å². The predicted molar refractivity (Wildman–Crippen MR) is 166 cm³/mol. The second-order valence-corrected chi connectivity index (χ2v) is 13.6. The van der Waals surface area contributed by atoms with E-state index in [0.717, 1.165) is 38.5 Å². The molecule has 0 aromatic heterocycles. The van der Waals surface area contributed by atoms with Gasteiger partial charge in [-0.25, -0.2) is 4.57 Å². The first-order chi connectivity index (χ1) is 19.0. The molecular weight excluding hydrogens is 527 g/mol. The summed E-state index contributed by atoms with van der Waals surface area (Å²) < 4.78 is 23.1. The lowest BCUT2D eigenvalue weighted by Gasteiger charge is -2.25. The van der Waals surface area contributed by atoms with E-state index in [4.69, 9.17) is 9.05 Å². The van der Waals surface area contributed by atoms with Gasteiger partial charge in [0.15, 0.2) is 0 Å². The van der Waals surface area contributed by atoms with Gasteiger partial charge in [-0.15, -0.1) is 0 Å². The number of nitrogens with zero attached hydrogens (tertiary/aromatic N) is 1. The predicted octanol–water partition coefficient (Wildman–Crippen LogP) is 7.29. The summed E-state index contributed by atoms with van der Waals surface area (Å²) in [7, 11) is 1.57. The third kappa shape index (κ3) is 26.2. The number of carbonyl (C=O) groups is 1. The van der Waals surface area contributed by atoms with E-state index >= 15 is 0 Å². The van der Waals surface area contributed by atoms with Gasteiger partial charge in [0.2, 0.25) is 5.91 Å². The van der Waals surface area contributed by atoms with Crippen molar-refractivity contribution < 1.29 is 32.9 Å². The van der Waals surface area contributed by atoms with Crippen LogP contribution in [0.1, 0.15) is 129 Å². The molecular formula is C31H64N2O6P+. The number of unbranched alkanes of at least 4 members (excludes halogenated alkanes) is 15. The first-order valence-electron chi connectivity index (χ1n) is 16.1. The molecule has 3 atom stereocenters. The van der Waals surface area contributed by atoms with Crippen molar-refractivity contribution in [3.05, 3.63) is 12.2 Å². The number of rotatable bonds is 28. The highest BCUT2D eigenvalue weighted by Gasteiger charge is 2.27. The molecule has 238 valence electrons. The summed E-state index contributed by atoms with van der Waals surface area (Å²) in [6.45, 7) is 4.63. The van der Waals surface area contributed by atoms with Crippen molar-refractivity contribution in [2.24, 2.45) is 0 Å². The van der Waals surface area contributed by atoms with E-state index in [0.29, 0.717) is 17.4 Å². The molecule has 0 radical (unpaired) electrons. The Morgan fingerprint density at radius 1 is 0.825 bits per heavy atom. The van der Waals surface area contributed by atoms with Crippen LogP contribution in [0.2, 0.25) is 0 Å². The average molecular weight is 592 g/mol. The van der Waals surface area contributed by atoms with E-state index in [9.17, 15) is 19.4 Å². The lowest BCUT2D eigenvalue weighted by molar-refractivity contribution is -0.870. The molecule has 3 N–H and O–H groups in total. The van der Waals surface area contributed by atoms with Crippen molar-refractivity contribution in [3.8, 4) is 0 Å². The SMILES string of the molecule is CCCC/C=C/C(O)C(COP(=O)(O)OCC[N+](C)(C)C)NC(=O)CCCCCCCCCCCCCCCC. The summed E-state index contributed by atoms with van der Waals surface area (Å²) in [5, 5.41) is 13.4. The first kappa shape index (κ1) is 39.2. The van der Waals surface area contributed by atoms with Crippen LogP contribution >= 0.6 is 7.82 Å². The van der Waals surface area contributed by atoms with Gasteiger partial charge in [0.05, 0.1) is 39.9 Å². The lowest BCUT2D eigenvalue weighted by Crippen LogP contribution is -2.45. The van der Waals surface area contributed by atoms with Crippen molar-refractivity contribution >= 4 is 13.7 Å². The number of hydrogen-bond acceptors (Lipinski definition) is 5. The summed E-state index contributed by atoms with van der Waals surface area (Å²) in [6, 6.07) is -0.834. The summed E-state index contributed by atoms with van der Waals surface area (Å²) in [5.41, 5.74) is 0. The highest BCUT2D eigenvalue weighted by atomic mass is 31.2. The van der Waals surface area contributed by atoms with E-state index in [1.54, 1.807) is 6.08 Å². The fourth-order valence-corrected chi connectivity index (χ4v) is 5.05. The summed E-state index contributed by atoms with van der Waals surface area (Å²) in [5.74, 6) is -0.188. The van der Waals surface area contributed by atoms with Crippen molar-refractivity contribution in [2.45, 2.75) is 142 Å². The van der Waals surface area contributed by atoms with Gasteiger partial charge < -0.3 is 19.8 Å². The van der Waals surface area contributed by atoms with Crippen LogP contribution in [-0.4, -0.2) is 73.4 Å². The van der Waals surface area contributed by atoms with E-state index in [1.807, 2.05) is 27.2 Å². The number of allylic oxidation sites excluding steroid dienone is 1. The standard InChI is InChI=1S/C31H63N2O6P/c1-6-8-10-12-13-14-15-16-17-18-19-20-21-23-25-31(35)32-29(30(34)24-22-11-9-7-2)28-39-40(36,37)38-27-26-33(3,4)5/h22,24,29-30,34H,6-21,23,25-28H2,1-5H3,(H-,32,35,36,37)/p+1/b24-22+. The molecule has 0 aliphatic rings. The van der Waals surface area contributed by atoms with Gasteiger partial charge in [0.1, 0.15) is 13.2 Å². The highest BCUT2D eigenvalue weighted by molar-refractivity contribution is 7.47. The van der Waals surface area contributed by atoms with Gasteiger partial charge in [-0.2, -0.15) is 0 Å². The Balaban J connectivity index is 4.33. The maximum absolute atomic E-state index is 12.6. The number of hydrogen-bond donors (Lipinski definition) is 3. The van der Waals surface area contributed by atoms with E-state index in [2.05, 4.69) is 19.2 Å². The van der Waals surface area contributed by atoms with Gasteiger partial charge in [-0.1, -0.05) is 122 Å². The van der Waals surface area contributed by atoms with Crippen molar-refractivity contribution in [1.29, 1.82) is 0 Å². The summed E-state index contributed by atoms with van der Waals surface area (Å²) >= 11 is 0. The molecule has 0 aromatic carbocycles. The molecule has 9 heteroatoms. The van der Waals surface area contributed by atoms with Crippen LogP contribution in [0.4, 0.5) is 0 Å². The Kier molecular flexibility index (Phi) is 24.3. The number of nitrogens with one attached hydrogen (secondary N) is 1. The van der Waals surface area contributed by atoms with Gasteiger partial charge in [0, 0.05) is 6.42 Å². The van der Waals surface area contributed by atoms with Gasteiger partial charge in [-0.05, 0) is 12.8 Å². The van der Waals surface area contributed by atoms with E-state index in [-0.39, 0.29) is 19.1 Å². The zero-order chi connectivity index (χ0) is 30.1. The normalized spacial score (nSPS) is 15.3. The molecule has 0 aliphatic carbocycles. The largest absolute Gasteiger partial charge is 0.472 e. The van der Waals surface area contributed by atoms with Crippen LogP contribution in [0.3, 0.4) is 0 Å². The minimum absolute atomic E-state index is 0.0624. The molecule has 0 heterocycles. The monoisotopic (exact) mass is 591 g/mol. The Labute approximate surface area is 246 Å². The Morgan fingerprint density at radius 2 is 1.32 bits per heavy atom. The van der Waals surface area contributed by atoms with Crippen molar-refractivity contribution in [1.82, 2.24) is 5.32 Å². The minimum Gasteiger partial charge on any atom is -0.387 e. The molecule has 0 aliphatic heterocycles. The van der Waals surface area contributed by atoms with Crippen LogP contribution in [0.5, 0.6) is 0 Å². The molecule has 8 nitrogen and oxygen atoms in total. The van der Waals surface area contributed by atoms with Crippen molar-refractivity contribution in [3.63, 3.8) is 0 Å². The fraction of sp³-hybridized carbons (Fsp3) is 0.903. The molecule has 0 rings (SSSR count). The number of amides is 1. The lowest BCUT2D eigenvalue weighted by atomic mass is 10.0. The molecule has 40 heavy (non-hydrogen) atoms. The highest BCUT2D eigenvalue weighted by Crippen LogP contribution is 2.43. The number of likely N-dealkylation sites (N-methyl/N-ethyl adjacent to an activating group) is 1. The van der Waals surface area contributed by atoms with Crippen LogP contribution in [0, 0.1) is 0 Å². The van der Waals surface area contributed by atoms with Gasteiger partial charge in [0.25, 0.3) is 0 Å². The Hall–Kier alpha value is -0.760. The topological polar surface area (TPSA) is 105 Å². The van der Waals surface area contributed by atoms with Gasteiger partial charge >= 0.3 is 7.82 Å². The number of carbonyl (C=O) groups excluding carboxylic acids is 1. The number of phosphoric acid groups is 1. The van der Waals surface area contributed by atoms with Crippen LogP contribution in [0.25, 0.3) is 0 Å². The molecule has 0 bridgehead atoms. The number of aliphatic hydroxyl groups is 1. The molecule has 3 unspecified atom stereocenters. The number of aliphatic hydroxyl groups excluding tert-OH is 1. The number of phosphoric ester groups is 1. The molecule has 0 aromatic rings. The minimum atomic E-state index is -4.30.